The number of para-hydroxylation sites is 2. The van der Waals surface area contributed by atoms with E-state index in [4.69, 9.17) is 14.2 Å². The predicted molar refractivity (Wildman–Crippen MR) is 203 cm³/mol. The number of nitrogens with zero attached hydrogens (tertiary/aromatic N) is 3. The summed E-state index contributed by atoms with van der Waals surface area (Å²) in [7, 11) is 0. The van der Waals surface area contributed by atoms with Gasteiger partial charge in [-0.25, -0.2) is 14.5 Å². The molecule has 1 unspecified atom stereocenters. The quantitative estimate of drug-likeness (QED) is 0.162. The van der Waals surface area contributed by atoms with Gasteiger partial charge in [0, 0.05) is 37.7 Å². The van der Waals surface area contributed by atoms with E-state index in [0.29, 0.717) is 24.2 Å². The lowest BCUT2D eigenvalue weighted by molar-refractivity contribution is -0.253. The molecule has 5 aromatic rings. The molecule has 4 atom stereocenters. The normalized spacial score (nSPS) is 22.3. The lowest BCUT2D eigenvalue weighted by atomic mass is 9.98. The number of imidazole rings is 1. The molecule has 4 aromatic carbocycles. The monoisotopic (exact) mass is 745 g/mol. The molecule has 13 heteroatoms. The molecule has 3 aliphatic heterocycles. The summed E-state index contributed by atoms with van der Waals surface area (Å²) in [5, 5.41) is 12.2. The Bertz CT molecular complexity index is 2210. The van der Waals surface area contributed by atoms with E-state index in [9.17, 15) is 24.3 Å². The first-order chi connectivity index (χ1) is 26.8. The molecule has 0 spiro atoms. The first kappa shape index (κ1) is 36.4. The molecule has 0 saturated carbocycles. The van der Waals surface area contributed by atoms with Crippen LogP contribution in [-0.2, 0) is 37.0 Å². The number of carbonyl (C=O) groups is 3. The Morgan fingerprint density at radius 1 is 0.855 bits per heavy atom. The second-order valence-corrected chi connectivity index (χ2v) is 14.3. The maximum absolute atomic E-state index is 13.5. The van der Waals surface area contributed by atoms with Gasteiger partial charge in [0.25, 0.3) is 5.91 Å². The molecular weight excluding hydrogens is 702 g/mol. The second kappa shape index (κ2) is 16.0. The van der Waals surface area contributed by atoms with Crippen molar-refractivity contribution >= 4 is 34.6 Å². The Morgan fingerprint density at radius 3 is 2.40 bits per heavy atom. The zero-order chi connectivity index (χ0) is 37.9. The first-order valence-corrected chi connectivity index (χ1v) is 18.7. The molecule has 0 aliphatic carbocycles. The van der Waals surface area contributed by atoms with Crippen molar-refractivity contribution in [3.8, 4) is 0 Å². The van der Waals surface area contributed by atoms with E-state index >= 15 is 0 Å². The number of aliphatic hydroxyl groups excluding tert-OH is 1. The summed E-state index contributed by atoms with van der Waals surface area (Å²) >= 11 is 0. The number of benzene rings is 4. The first-order valence-electron chi connectivity index (χ1n) is 18.7. The fourth-order valence-electron chi connectivity index (χ4n) is 7.85. The average Bonchev–Trinajstić information content (AvgIpc) is 3.70. The van der Waals surface area contributed by atoms with Gasteiger partial charge in [0.15, 0.2) is 6.29 Å². The largest absolute Gasteiger partial charge is 0.445 e. The summed E-state index contributed by atoms with van der Waals surface area (Å²) in [4.78, 5) is 58.5. The van der Waals surface area contributed by atoms with Crippen LogP contribution in [0.1, 0.15) is 66.4 Å². The number of likely N-dealkylation sites (tertiary alicyclic amines) is 1. The van der Waals surface area contributed by atoms with Crippen LogP contribution in [0.15, 0.2) is 108 Å². The van der Waals surface area contributed by atoms with Gasteiger partial charge in [-0.15, -0.1) is 0 Å². The van der Waals surface area contributed by atoms with Crippen molar-refractivity contribution in [2.24, 2.45) is 0 Å². The van der Waals surface area contributed by atoms with Gasteiger partial charge in [-0.1, -0.05) is 78.9 Å². The van der Waals surface area contributed by atoms with Crippen molar-refractivity contribution < 1.29 is 33.7 Å². The molecule has 4 heterocycles. The highest BCUT2D eigenvalue weighted by Gasteiger charge is 2.41. The summed E-state index contributed by atoms with van der Waals surface area (Å²) in [6.07, 6.45) is -0.0987. The van der Waals surface area contributed by atoms with Crippen LogP contribution in [0.2, 0.25) is 0 Å². The number of nitrogens with one attached hydrogen (secondary N) is 2. The average molecular weight is 746 g/mol. The summed E-state index contributed by atoms with van der Waals surface area (Å²) in [5.41, 5.74) is 5.20. The van der Waals surface area contributed by atoms with Gasteiger partial charge >= 0.3 is 11.8 Å². The topological polar surface area (TPSA) is 155 Å². The number of aromatic nitrogens is 2. The van der Waals surface area contributed by atoms with Crippen LogP contribution in [-0.4, -0.2) is 69.2 Å². The Labute approximate surface area is 317 Å². The van der Waals surface area contributed by atoms with Crippen molar-refractivity contribution in [2.45, 2.75) is 69.5 Å². The lowest BCUT2D eigenvalue weighted by Gasteiger charge is -2.40. The number of aliphatic hydroxyl groups is 1. The summed E-state index contributed by atoms with van der Waals surface area (Å²) in [6.45, 7) is 2.21. The SMILES string of the molecule is O=C(NC1CC(=O)N(c2cccc([C@H]3O[C@@H](CN4CCC(n5c(=O)[nH]c6ccccc65)CC4)C[C@@H](c4ccc(CO)cc4)O3)c2)C1=O)OCc1ccccc1. The third-order valence-electron chi connectivity index (χ3n) is 10.7. The molecular formula is C42H43N5O8. The van der Waals surface area contributed by atoms with Gasteiger partial charge < -0.3 is 34.5 Å². The van der Waals surface area contributed by atoms with Crippen molar-refractivity contribution in [3.63, 3.8) is 0 Å². The van der Waals surface area contributed by atoms with Crippen LogP contribution < -0.4 is 15.9 Å². The number of hydrogen-bond donors (Lipinski definition) is 3. The molecule has 3 N–H and O–H groups in total. The molecule has 3 amide bonds. The van der Waals surface area contributed by atoms with Gasteiger partial charge in [0.2, 0.25) is 5.91 Å². The van der Waals surface area contributed by atoms with Crippen LogP contribution in [0.5, 0.6) is 0 Å². The van der Waals surface area contributed by atoms with E-state index in [2.05, 4.69) is 15.2 Å². The van der Waals surface area contributed by atoms with E-state index in [0.717, 1.165) is 58.6 Å². The van der Waals surface area contributed by atoms with Gasteiger partial charge in [0.1, 0.15) is 12.6 Å². The number of hydrogen-bond acceptors (Lipinski definition) is 9. The van der Waals surface area contributed by atoms with E-state index < -0.39 is 30.2 Å². The van der Waals surface area contributed by atoms with Gasteiger partial charge in [-0.2, -0.15) is 0 Å². The minimum Gasteiger partial charge on any atom is -0.445 e. The molecule has 3 fully saturated rings. The highest BCUT2D eigenvalue weighted by molar-refractivity contribution is 6.22. The Hall–Kier alpha value is -5.60. The molecule has 1 aromatic heterocycles. The third kappa shape index (κ3) is 7.96. The number of H-pyrrole nitrogens is 1. The number of ether oxygens (including phenoxy) is 3. The predicted octanol–water partition coefficient (Wildman–Crippen LogP) is 5.26. The summed E-state index contributed by atoms with van der Waals surface area (Å²) in [6, 6.07) is 30.6. The number of anilines is 1. The van der Waals surface area contributed by atoms with E-state index in [-0.39, 0.29) is 43.6 Å². The van der Waals surface area contributed by atoms with Crippen LogP contribution in [0, 0.1) is 0 Å². The zero-order valence-electron chi connectivity index (χ0n) is 30.2. The number of aromatic amines is 1. The highest BCUT2D eigenvalue weighted by atomic mass is 16.7. The fourth-order valence-corrected chi connectivity index (χ4v) is 7.85. The van der Waals surface area contributed by atoms with Crippen LogP contribution in [0.3, 0.4) is 0 Å². The highest BCUT2D eigenvalue weighted by Crippen LogP contribution is 2.40. The van der Waals surface area contributed by atoms with Crippen molar-refractivity contribution in [1.82, 2.24) is 19.8 Å². The molecule has 55 heavy (non-hydrogen) atoms. The van der Waals surface area contributed by atoms with E-state index in [1.54, 1.807) is 18.2 Å². The molecule has 13 nitrogen and oxygen atoms in total. The number of alkyl carbamates (subject to hydrolysis) is 1. The maximum Gasteiger partial charge on any atom is 0.408 e. The van der Waals surface area contributed by atoms with Gasteiger partial charge in [0.05, 0.1) is 42.0 Å². The molecule has 3 saturated heterocycles. The van der Waals surface area contributed by atoms with E-state index in [1.165, 1.54) is 0 Å². The minimum absolute atomic E-state index is 0.0346. The smallest absolute Gasteiger partial charge is 0.408 e. The standard InChI is InChI=1S/C42H43N5O8/c48-25-27-13-15-29(16-14-27)37-22-33(24-45-19-17-31(18-20-45)46-36-12-5-4-11-34(36)43-41(46)51)54-40(55-37)30-9-6-10-32(21-30)47-38(49)23-35(39(47)50)44-42(52)53-26-28-7-2-1-3-8-28/h1-16,21,31,33,35,37,40,48H,17-20,22-26H2,(H,43,51)(H,44,52)/t33-,35?,37+,40+/m1/s1. The van der Waals surface area contributed by atoms with Gasteiger partial charge in [-0.3, -0.25) is 14.2 Å². The zero-order valence-corrected chi connectivity index (χ0v) is 30.2. The molecule has 0 bridgehead atoms. The fraction of sp³-hybridized carbons (Fsp3) is 0.333. The number of piperidine rings is 1. The number of carbonyl (C=O) groups excluding carboxylic acids is 3. The van der Waals surface area contributed by atoms with Crippen molar-refractivity contribution in [1.29, 1.82) is 0 Å². The second-order valence-electron chi connectivity index (χ2n) is 14.3. The van der Waals surface area contributed by atoms with Crippen molar-refractivity contribution in [3.05, 3.63) is 136 Å². The Morgan fingerprint density at radius 2 is 1.62 bits per heavy atom. The third-order valence-corrected chi connectivity index (χ3v) is 10.7. The van der Waals surface area contributed by atoms with Gasteiger partial charge in [-0.05, 0) is 53.8 Å². The Kier molecular flexibility index (Phi) is 10.6. The van der Waals surface area contributed by atoms with Crippen LogP contribution >= 0.6 is 0 Å². The number of rotatable bonds is 10. The Balaban J connectivity index is 0.957. The maximum atomic E-state index is 13.5. The summed E-state index contributed by atoms with van der Waals surface area (Å²) < 4.78 is 20.4. The lowest BCUT2D eigenvalue weighted by Crippen LogP contribution is -2.43. The molecule has 284 valence electrons. The van der Waals surface area contributed by atoms with Crippen LogP contribution in [0.25, 0.3) is 11.0 Å². The molecule has 0 radical (unpaired) electrons. The van der Waals surface area contributed by atoms with E-state index in [1.807, 2.05) is 89.5 Å². The summed E-state index contributed by atoms with van der Waals surface area (Å²) in [5.74, 6) is -0.999. The molecule has 3 aliphatic rings. The minimum atomic E-state index is -1.06. The molecule has 8 rings (SSSR count). The number of amides is 3. The van der Waals surface area contributed by atoms with Crippen molar-refractivity contribution in [2.75, 3.05) is 24.5 Å². The number of imide groups is 1. The van der Waals surface area contributed by atoms with Crippen LogP contribution in [0.4, 0.5) is 10.5 Å². The number of fused-ring (bicyclic) bond motifs is 1.